The second-order valence-corrected chi connectivity index (χ2v) is 5.79. The fraction of sp³-hybridized carbons (Fsp3) is 0.571. The van der Waals surface area contributed by atoms with E-state index in [-0.39, 0.29) is 5.82 Å². The Kier molecular flexibility index (Phi) is 4.57. The number of nitrogens with one attached hydrogen (secondary N) is 1. The molecule has 2 rings (SSSR count). The summed E-state index contributed by atoms with van der Waals surface area (Å²) in [6, 6.07) is 5.86. The third kappa shape index (κ3) is 3.52. The van der Waals surface area contributed by atoms with Crippen molar-refractivity contribution in [1.29, 1.82) is 0 Å². The summed E-state index contributed by atoms with van der Waals surface area (Å²) in [4.78, 5) is 0. The summed E-state index contributed by atoms with van der Waals surface area (Å²) in [6.07, 6.45) is 4.49. The average Bonchev–Trinajstić information content (AvgIpc) is 2.72. The van der Waals surface area contributed by atoms with Crippen molar-refractivity contribution in [3.8, 4) is 0 Å². The highest BCUT2D eigenvalue weighted by Crippen LogP contribution is 2.30. The molecule has 0 saturated heterocycles. The van der Waals surface area contributed by atoms with E-state index in [4.69, 9.17) is 0 Å². The van der Waals surface area contributed by atoms with Crippen LogP contribution < -0.4 is 5.32 Å². The summed E-state index contributed by atoms with van der Waals surface area (Å²) >= 11 is 3.40. The predicted molar refractivity (Wildman–Crippen MR) is 72.6 cm³/mol. The van der Waals surface area contributed by atoms with Gasteiger partial charge in [0.2, 0.25) is 0 Å². The van der Waals surface area contributed by atoms with Gasteiger partial charge >= 0.3 is 0 Å². The van der Waals surface area contributed by atoms with Crippen LogP contribution in [-0.4, -0.2) is 12.6 Å². The highest BCUT2D eigenvalue weighted by atomic mass is 79.9. The van der Waals surface area contributed by atoms with Crippen LogP contribution in [0.4, 0.5) is 4.39 Å². The van der Waals surface area contributed by atoms with Crippen molar-refractivity contribution in [2.75, 3.05) is 6.54 Å². The highest BCUT2D eigenvalue weighted by Gasteiger charge is 2.24. The summed E-state index contributed by atoms with van der Waals surface area (Å²) in [7, 11) is 0. The van der Waals surface area contributed by atoms with Crippen molar-refractivity contribution in [3.05, 3.63) is 34.1 Å². The summed E-state index contributed by atoms with van der Waals surface area (Å²) in [5.74, 6) is 0.558. The molecular weight excluding hydrogens is 281 g/mol. The Bertz CT molecular complexity index is 380. The van der Waals surface area contributed by atoms with Gasteiger partial charge in [0.05, 0.1) is 0 Å². The van der Waals surface area contributed by atoms with Gasteiger partial charge < -0.3 is 5.32 Å². The Labute approximate surface area is 111 Å². The van der Waals surface area contributed by atoms with E-state index in [2.05, 4.69) is 28.2 Å². The molecule has 1 aromatic rings. The molecule has 0 heterocycles. The number of benzene rings is 1. The van der Waals surface area contributed by atoms with Crippen molar-refractivity contribution in [2.45, 2.75) is 38.6 Å². The first-order valence-corrected chi connectivity index (χ1v) is 7.15. The molecule has 0 spiro atoms. The molecule has 1 nitrogen and oxygen atoms in total. The molecule has 1 saturated carbocycles. The van der Waals surface area contributed by atoms with E-state index in [0.717, 1.165) is 23.0 Å². The van der Waals surface area contributed by atoms with Crippen LogP contribution >= 0.6 is 15.9 Å². The normalized spacial score (nSPS) is 24.2. The number of hydrogen-bond acceptors (Lipinski definition) is 1. The molecule has 2 atom stereocenters. The molecule has 0 aliphatic heterocycles. The minimum atomic E-state index is -0.0694. The summed E-state index contributed by atoms with van der Waals surface area (Å²) in [6.45, 7) is 3.17. The van der Waals surface area contributed by atoms with Gasteiger partial charge in [0.25, 0.3) is 0 Å². The first kappa shape index (κ1) is 13.0. The monoisotopic (exact) mass is 299 g/mol. The average molecular weight is 300 g/mol. The van der Waals surface area contributed by atoms with E-state index in [1.54, 1.807) is 12.1 Å². The van der Waals surface area contributed by atoms with Gasteiger partial charge in [-0.2, -0.15) is 0 Å². The minimum Gasteiger partial charge on any atom is -0.314 e. The Morgan fingerprint density at radius 3 is 3.00 bits per heavy atom. The quantitative estimate of drug-likeness (QED) is 0.889. The van der Waals surface area contributed by atoms with Crippen LogP contribution in [0.3, 0.4) is 0 Å². The van der Waals surface area contributed by atoms with E-state index >= 15 is 0 Å². The van der Waals surface area contributed by atoms with Gasteiger partial charge in [-0.1, -0.05) is 22.9 Å². The lowest BCUT2D eigenvalue weighted by Crippen LogP contribution is -2.25. The third-order valence-corrected chi connectivity index (χ3v) is 4.04. The number of rotatable bonds is 4. The van der Waals surface area contributed by atoms with Gasteiger partial charge in [-0.3, -0.25) is 0 Å². The van der Waals surface area contributed by atoms with E-state index in [1.807, 2.05) is 6.07 Å². The lowest BCUT2D eigenvalue weighted by molar-refractivity contribution is 0.484. The lowest BCUT2D eigenvalue weighted by Gasteiger charge is -2.12. The molecule has 1 aliphatic rings. The molecule has 17 heavy (non-hydrogen) atoms. The maximum Gasteiger partial charge on any atom is 0.126 e. The summed E-state index contributed by atoms with van der Waals surface area (Å²) < 4.78 is 14.6. The van der Waals surface area contributed by atoms with Crippen LogP contribution in [0.25, 0.3) is 0 Å². The van der Waals surface area contributed by atoms with Gasteiger partial charge in [-0.05, 0) is 61.9 Å². The SMILES string of the molecule is CCNC1CCC(Cc2cc(Br)ccc2F)C1. The van der Waals surface area contributed by atoms with Crippen LogP contribution in [0.1, 0.15) is 31.7 Å². The van der Waals surface area contributed by atoms with Crippen molar-refractivity contribution >= 4 is 15.9 Å². The van der Waals surface area contributed by atoms with E-state index in [1.165, 1.54) is 19.3 Å². The molecule has 0 bridgehead atoms. The van der Waals surface area contributed by atoms with Crippen LogP contribution in [-0.2, 0) is 6.42 Å². The molecule has 1 N–H and O–H groups in total. The Morgan fingerprint density at radius 1 is 1.41 bits per heavy atom. The van der Waals surface area contributed by atoms with Gasteiger partial charge in [0.15, 0.2) is 0 Å². The maximum absolute atomic E-state index is 13.6. The number of hydrogen-bond donors (Lipinski definition) is 1. The molecule has 1 aromatic carbocycles. The van der Waals surface area contributed by atoms with Crippen LogP contribution in [0.5, 0.6) is 0 Å². The maximum atomic E-state index is 13.6. The molecule has 1 aliphatic carbocycles. The zero-order valence-corrected chi connectivity index (χ0v) is 11.8. The van der Waals surface area contributed by atoms with Crippen molar-refractivity contribution in [1.82, 2.24) is 5.32 Å². The zero-order valence-electron chi connectivity index (χ0n) is 10.2. The molecular formula is C14H19BrFN. The van der Waals surface area contributed by atoms with Gasteiger partial charge in [0.1, 0.15) is 5.82 Å². The largest absolute Gasteiger partial charge is 0.314 e. The van der Waals surface area contributed by atoms with Crippen molar-refractivity contribution in [2.24, 2.45) is 5.92 Å². The van der Waals surface area contributed by atoms with Crippen molar-refractivity contribution < 1.29 is 4.39 Å². The van der Waals surface area contributed by atoms with E-state index < -0.39 is 0 Å². The predicted octanol–water partition coefficient (Wildman–Crippen LogP) is 3.91. The highest BCUT2D eigenvalue weighted by molar-refractivity contribution is 9.10. The van der Waals surface area contributed by atoms with Crippen LogP contribution in [0, 0.1) is 11.7 Å². The van der Waals surface area contributed by atoms with E-state index in [0.29, 0.717) is 12.0 Å². The smallest absolute Gasteiger partial charge is 0.126 e. The number of halogens is 2. The minimum absolute atomic E-state index is 0.0694. The molecule has 1 fully saturated rings. The Balaban J connectivity index is 1.95. The fourth-order valence-electron chi connectivity index (χ4n) is 2.75. The molecule has 0 aromatic heterocycles. The van der Waals surface area contributed by atoms with Crippen LogP contribution in [0.2, 0.25) is 0 Å². The van der Waals surface area contributed by atoms with Gasteiger partial charge in [-0.25, -0.2) is 4.39 Å². The second-order valence-electron chi connectivity index (χ2n) is 4.87. The topological polar surface area (TPSA) is 12.0 Å². The third-order valence-electron chi connectivity index (χ3n) is 3.55. The standard InChI is InChI=1S/C14H19BrFN/c1-2-17-13-5-3-10(8-13)7-11-9-12(15)4-6-14(11)16/h4,6,9-10,13,17H,2-3,5,7-8H2,1H3. The van der Waals surface area contributed by atoms with Gasteiger partial charge in [0, 0.05) is 10.5 Å². The fourth-order valence-corrected chi connectivity index (χ4v) is 3.15. The van der Waals surface area contributed by atoms with Gasteiger partial charge in [-0.15, -0.1) is 0 Å². The molecule has 0 radical (unpaired) electrons. The Morgan fingerprint density at radius 2 is 2.24 bits per heavy atom. The molecule has 2 unspecified atom stereocenters. The first-order chi connectivity index (χ1) is 8.19. The molecule has 0 amide bonds. The molecule has 94 valence electrons. The summed E-state index contributed by atoms with van der Waals surface area (Å²) in [5, 5.41) is 3.48. The summed E-state index contributed by atoms with van der Waals surface area (Å²) in [5.41, 5.74) is 0.849. The first-order valence-electron chi connectivity index (χ1n) is 6.36. The lowest BCUT2D eigenvalue weighted by atomic mass is 9.97. The van der Waals surface area contributed by atoms with Crippen molar-refractivity contribution in [3.63, 3.8) is 0 Å². The van der Waals surface area contributed by atoms with Crippen LogP contribution in [0.15, 0.2) is 22.7 Å². The Hall–Kier alpha value is -0.410. The van der Waals surface area contributed by atoms with E-state index in [9.17, 15) is 4.39 Å². The zero-order chi connectivity index (χ0) is 12.3. The second kappa shape index (κ2) is 5.96. The molecule has 3 heteroatoms.